The third-order valence-corrected chi connectivity index (χ3v) is 7.14. The Labute approximate surface area is 170 Å². The van der Waals surface area contributed by atoms with Gasteiger partial charge in [0.15, 0.2) is 11.5 Å². The number of benzene rings is 2. The number of carbonyl (C=O) groups excluding carboxylic acids is 1. The van der Waals surface area contributed by atoms with Crippen LogP contribution in [-0.4, -0.2) is 57.4 Å². The van der Waals surface area contributed by atoms with Crippen molar-refractivity contribution in [2.75, 3.05) is 33.9 Å². The van der Waals surface area contributed by atoms with Crippen LogP contribution in [0.3, 0.4) is 0 Å². The zero-order valence-electron chi connectivity index (χ0n) is 16.5. The zero-order chi connectivity index (χ0) is 20.6. The van der Waals surface area contributed by atoms with Crippen molar-refractivity contribution < 1.29 is 22.7 Å². The normalized spacial score (nSPS) is 18.9. The predicted octanol–water partition coefficient (Wildman–Crippen LogP) is 2.69. The highest BCUT2D eigenvalue weighted by Crippen LogP contribution is 2.38. The quantitative estimate of drug-likeness (QED) is 0.766. The molecule has 0 saturated carbocycles. The average Bonchev–Trinajstić information content (AvgIpc) is 3.22. The summed E-state index contributed by atoms with van der Waals surface area (Å²) in [5.41, 5.74) is 1.37. The zero-order valence-corrected chi connectivity index (χ0v) is 17.3. The van der Waals surface area contributed by atoms with E-state index in [2.05, 4.69) is 0 Å². The number of hydrogen-bond acceptors (Lipinski definition) is 5. The summed E-state index contributed by atoms with van der Waals surface area (Å²) in [5.74, 6) is 1.25. The lowest BCUT2D eigenvalue weighted by Crippen LogP contribution is -2.31. The van der Waals surface area contributed by atoms with E-state index in [4.69, 9.17) is 9.47 Å². The van der Waals surface area contributed by atoms with Crippen LogP contribution in [0, 0.1) is 0 Å². The highest BCUT2D eigenvalue weighted by molar-refractivity contribution is 7.89. The van der Waals surface area contributed by atoms with Crippen molar-refractivity contribution in [3.8, 4) is 11.5 Å². The molecule has 0 aromatic heterocycles. The third-order valence-electron chi connectivity index (χ3n) is 5.32. The maximum absolute atomic E-state index is 13.2. The number of ether oxygens (including phenoxy) is 2. The smallest absolute Gasteiger partial charge is 0.254 e. The SMILES string of the molecule is CN(C)S(=O)(=O)c1cccc(C(=O)N2CCCC2c2ccc3c(c2)OCCO3)c1. The molecular weight excluding hydrogens is 392 g/mol. The molecule has 0 N–H and O–H groups in total. The van der Waals surface area contributed by atoms with Gasteiger partial charge < -0.3 is 14.4 Å². The molecule has 1 saturated heterocycles. The van der Waals surface area contributed by atoms with E-state index in [0.29, 0.717) is 31.1 Å². The number of likely N-dealkylation sites (tertiary alicyclic amines) is 1. The molecule has 2 aliphatic heterocycles. The minimum Gasteiger partial charge on any atom is -0.486 e. The number of sulfonamides is 1. The van der Waals surface area contributed by atoms with Crippen LogP contribution in [0.4, 0.5) is 0 Å². The predicted molar refractivity (Wildman–Crippen MR) is 108 cm³/mol. The van der Waals surface area contributed by atoms with Crippen LogP contribution >= 0.6 is 0 Å². The van der Waals surface area contributed by atoms with Crippen molar-refractivity contribution in [1.29, 1.82) is 0 Å². The van der Waals surface area contributed by atoms with Crippen LogP contribution in [-0.2, 0) is 10.0 Å². The summed E-state index contributed by atoms with van der Waals surface area (Å²) in [7, 11) is -0.651. The highest BCUT2D eigenvalue weighted by Gasteiger charge is 2.32. The summed E-state index contributed by atoms with van der Waals surface area (Å²) in [6, 6.07) is 12.0. The van der Waals surface area contributed by atoms with Gasteiger partial charge in [-0.2, -0.15) is 0 Å². The van der Waals surface area contributed by atoms with Crippen LogP contribution < -0.4 is 9.47 Å². The molecule has 2 heterocycles. The molecule has 7 nitrogen and oxygen atoms in total. The molecule has 1 unspecified atom stereocenters. The standard InChI is InChI=1S/C21H24N2O5S/c1-22(2)29(25,26)17-6-3-5-16(13-17)21(24)23-10-4-7-18(23)15-8-9-19-20(14-15)28-12-11-27-19/h3,5-6,8-9,13-14,18H,4,7,10-12H2,1-2H3. The highest BCUT2D eigenvalue weighted by atomic mass is 32.2. The van der Waals surface area contributed by atoms with Crippen molar-refractivity contribution >= 4 is 15.9 Å². The Kier molecular flexibility index (Phi) is 5.23. The van der Waals surface area contributed by atoms with Crippen LogP contribution in [0.5, 0.6) is 11.5 Å². The van der Waals surface area contributed by atoms with Gasteiger partial charge in [0.05, 0.1) is 10.9 Å². The molecule has 0 aliphatic carbocycles. The molecule has 8 heteroatoms. The summed E-state index contributed by atoms with van der Waals surface area (Å²) in [4.78, 5) is 15.2. The third kappa shape index (κ3) is 3.70. The molecule has 1 atom stereocenters. The van der Waals surface area contributed by atoms with Gasteiger partial charge in [-0.3, -0.25) is 4.79 Å². The van der Waals surface area contributed by atoms with E-state index in [1.54, 1.807) is 12.1 Å². The topological polar surface area (TPSA) is 76.2 Å². The Hall–Kier alpha value is -2.58. The van der Waals surface area contributed by atoms with Crippen molar-refractivity contribution in [1.82, 2.24) is 9.21 Å². The minimum atomic E-state index is -3.60. The fourth-order valence-corrected chi connectivity index (χ4v) is 4.74. The van der Waals surface area contributed by atoms with Crippen LogP contribution in [0.2, 0.25) is 0 Å². The number of fused-ring (bicyclic) bond motifs is 1. The van der Waals surface area contributed by atoms with Gasteiger partial charge in [0, 0.05) is 26.2 Å². The van der Waals surface area contributed by atoms with Gasteiger partial charge in [-0.15, -0.1) is 0 Å². The second kappa shape index (κ2) is 7.68. The lowest BCUT2D eigenvalue weighted by molar-refractivity contribution is 0.0735. The molecule has 2 aromatic rings. The lowest BCUT2D eigenvalue weighted by Gasteiger charge is -2.27. The van der Waals surface area contributed by atoms with E-state index < -0.39 is 10.0 Å². The van der Waals surface area contributed by atoms with Crippen LogP contribution in [0.25, 0.3) is 0 Å². The largest absolute Gasteiger partial charge is 0.486 e. The van der Waals surface area contributed by atoms with E-state index in [-0.39, 0.29) is 16.8 Å². The number of carbonyl (C=O) groups is 1. The van der Waals surface area contributed by atoms with Gasteiger partial charge in [-0.1, -0.05) is 12.1 Å². The van der Waals surface area contributed by atoms with Crippen molar-refractivity contribution in [3.63, 3.8) is 0 Å². The Morgan fingerprint density at radius 1 is 1.07 bits per heavy atom. The van der Waals surface area contributed by atoms with E-state index in [0.717, 1.165) is 28.5 Å². The fraction of sp³-hybridized carbons (Fsp3) is 0.381. The average molecular weight is 416 g/mol. The summed E-state index contributed by atoms with van der Waals surface area (Å²) in [6.07, 6.45) is 1.74. The summed E-state index contributed by atoms with van der Waals surface area (Å²) in [6.45, 7) is 1.67. The van der Waals surface area contributed by atoms with Gasteiger partial charge in [0.25, 0.3) is 5.91 Å². The first-order chi connectivity index (χ1) is 13.9. The molecule has 2 aliphatic rings. The molecule has 0 bridgehead atoms. The Bertz CT molecular complexity index is 1040. The summed E-state index contributed by atoms with van der Waals surface area (Å²) < 4.78 is 37.3. The Morgan fingerprint density at radius 3 is 2.59 bits per heavy atom. The first kappa shape index (κ1) is 19.7. The fourth-order valence-electron chi connectivity index (χ4n) is 3.79. The maximum Gasteiger partial charge on any atom is 0.254 e. The van der Waals surface area contributed by atoms with E-state index in [1.165, 1.54) is 26.2 Å². The molecule has 0 radical (unpaired) electrons. The number of hydrogen-bond donors (Lipinski definition) is 0. The molecule has 2 aromatic carbocycles. The lowest BCUT2D eigenvalue weighted by atomic mass is 10.0. The Morgan fingerprint density at radius 2 is 1.83 bits per heavy atom. The molecule has 1 fully saturated rings. The van der Waals surface area contributed by atoms with Gasteiger partial charge >= 0.3 is 0 Å². The maximum atomic E-state index is 13.2. The van der Waals surface area contributed by atoms with Gasteiger partial charge in [0.1, 0.15) is 13.2 Å². The first-order valence-corrected chi connectivity index (χ1v) is 11.0. The molecular formula is C21H24N2O5S. The number of amides is 1. The van der Waals surface area contributed by atoms with Crippen molar-refractivity contribution in [3.05, 3.63) is 53.6 Å². The van der Waals surface area contributed by atoms with E-state index in [9.17, 15) is 13.2 Å². The summed E-state index contributed by atoms with van der Waals surface area (Å²) in [5, 5.41) is 0. The van der Waals surface area contributed by atoms with Crippen LogP contribution in [0.1, 0.15) is 34.8 Å². The molecule has 1 amide bonds. The van der Waals surface area contributed by atoms with Gasteiger partial charge in [-0.25, -0.2) is 12.7 Å². The minimum absolute atomic E-state index is 0.0764. The van der Waals surface area contributed by atoms with E-state index >= 15 is 0 Å². The number of nitrogens with zero attached hydrogens (tertiary/aromatic N) is 2. The first-order valence-electron chi connectivity index (χ1n) is 9.61. The van der Waals surface area contributed by atoms with Crippen molar-refractivity contribution in [2.24, 2.45) is 0 Å². The van der Waals surface area contributed by atoms with Gasteiger partial charge in [-0.05, 0) is 48.7 Å². The molecule has 29 heavy (non-hydrogen) atoms. The number of rotatable bonds is 4. The van der Waals surface area contributed by atoms with Crippen molar-refractivity contribution in [2.45, 2.75) is 23.8 Å². The molecule has 0 spiro atoms. The monoisotopic (exact) mass is 416 g/mol. The second-order valence-corrected chi connectivity index (χ2v) is 9.53. The Balaban J connectivity index is 1.62. The van der Waals surface area contributed by atoms with E-state index in [1.807, 2.05) is 23.1 Å². The van der Waals surface area contributed by atoms with Gasteiger partial charge in [0.2, 0.25) is 10.0 Å². The summed E-state index contributed by atoms with van der Waals surface area (Å²) >= 11 is 0. The second-order valence-electron chi connectivity index (χ2n) is 7.37. The molecule has 4 rings (SSSR count). The van der Waals surface area contributed by atoms with Crippen LogP contribution in [0.15, 0.2) is 47.4 Å². The molecule has 154 valence electrons.